The fraction of sp³-hybridized carbons (Fsp3) is 0.429. The number of carboxylic acids is 2. The molecule has 4 heteroatoms. The zero-order valence-corrected chi connectivity index (χ0v) is 6.00. The maximum atomic E-state index is 10.0. The predicted molar refractivity (Wildman–Crippen MR) is 35.6 cm³/mol. The molecular weight excluding hydrogens is 148 g/mol. The van der Waals surface area contributed by atoms with Crippen molar-refractivity contribution in [2.24, 2.45) is 0 Å². The second-order valence-corrected chi connectivity index (χ2v) is 2.14. The van der Waals surface area contributed by atoms with E-state index < -0.39 is 11.9 Å². The maximum absolute atomic E-state index is 10.0. The van der Waals surface area contributed by atoms with Gasteiger partial charge in [0.1, 0.15) is 0 Å². The van der Waals surface area contributed by atoms with Crippen LogP contribution in [0.3, 0.4) is 0 Å². The van der Waals surface area contributed by atoms with Gasteiger partial charge >= 0.3 is 5.97 Å². The van der Waals surface area contributed by atoms with Gasteiger partial charge in [-0.1, -0.05) is 6.58 Å². The van der Waals surface area contributed by atoms with E-state index in [1.807, 2.05) is 0 Å². The predicted octanol–water partition coefficient (Wildman–Crippen LogP) is -0.453. The first-order chi connectivity index (χ1) is 5.04. The molecule has 0 saturated carbocycles. The van der Waals surface area contributed by atoms with Crippen molar-refractivity contribution in [2.45, 2.75) is 19.3 Å². The van der Waals surface area contributed by atoms with Gasteiger partial charge in [-0.2, -0.15) is 0 Å². The van der Waals surface area contributed by atoms with Crippen LogP contribution in [0.5, 0.6) is 0 Å². The largest absolute Gasteiger partial charge is 0.545 e. The van der Waals surface area contributed by atoms with Crippen LogP contribution in [-0.4, -0.2) is 17.0 Å². The Morgan fingerprint density at radius 2 is 1.91 bits per heavy atom. The van der Waals surface area contributed by atoms with Gasteiger partial charge in [-0.05, 0) is 18.4 Å². The molecule has 4 nitrogen and oxygen atoms in total. The van der Waals surface area contributed by atoms with Gasteiger partial charge in [0.2, 0.25) is 0 Å². The number of rotatable bonds is 5. The molecule has 11 heavy (non-hydrogen) atoms. The standard InChI is InChI=1S/C7H10O4/c1-5(7(10)11)3-2-4-6(8)9/h1-4H2,(H,8,9)(H,10,11)/p-1. The van der Waals surface area contributed by atoms with Crippen molar-refractivity contribution in [3.8, 4) is 0 Å². The zero-order chi connectivity index (χ0) is 8.85. The van der Waals surface area contributed by atoms with Gasteiger partial charge in [0.05, 0.1) is 5.97 Å². The molecule has 0 aromatic rings. The van der Waals surface area contributed by atoms with Crippen molar-refractivity contribution in [1.29, 1.82) is 0 Å². The SMILES string of the molecule is C=C(CCCC(=O)O)C(=O)[O-]. The summed E-state index contributed by atoms with van der Waals surface area (Å²) in [6.45, 7) is 3.20. The molecule has 1 N–H and O–H groups in total. The fourth-order valence-electron chi connectivity index (χ4n) is 0.555. The van der Waals surface area contributed by atoms with Crippen molar-refractivity contribution in [3.05, 3.63) is 12.2 Å². The van der Waals surface area contributed by atoms with Crippen LogP contribution in [0.1, 0.15) is 19.3 Å². The molecule has 0 radical (unpaired) electrons. The Bertz CT molecular complexity index is 183. The molecule has 0 unspecified atom stereocenters. The topological polar surface area (TPSA) is 77.4 Å². The quantitative estimate of drug-likeness (QED) is 0.548. The summed E-state index contributed by atoms with van der Waals surface area (Å²) in [5.74, 6) is -2.24. The average Bonchev–Trinajstić information content (AvgIpc) is 1.86. The molecule has 0 atom stereocenters. The van der Waals surface area contributed by atoms with E-state index in [1.54, 1.807) is 0 Å². The average molecular weight is 157 g/mol. The van der Waals surface area contributed by atoms with Crippen molar-refractivity contribution in [1.82, 2.24) is 0 Å². The number of aliphatic carboxylic acids is 2. The first-order valence-corrected chi connectivity index (χ1v) is 3.15. The van der Waals surface area contributed by atoms with Crippen LogP contribution in [0.25, 0.3) is 0 Å². The lowest BCUT2D eigenvalue weighted by molar-refractivity contribution is -0.299. The second kappa shape index (κ2) is 4.49. The minimum absolute atomic E-state index is 0.0354. The highest BCUT2D eigenvalue weighted by Crippen LogP contribution is 2.03. The summed E-state index contributed by atoms with van der Waals surface area (Å²) in [5, 5.41) is 18.2. The summed E-state index contributed by atoms with van der Waals surface area (Å²) in [4.78, 5) is 20.0. The molecule has 62 valence electrons. The molecule has 0 aromatic carbocycles. The Morgan fingerprint density at radius 1 is 1.36 bits per heavy atom. The molecule has 0 spiro atoms. The van der Waals surface area contributed by atoms with Gasteiger partial charge in [0, 0.05) is 6.42 Å². The van der Waals surface area contributed by atoms with Crippen LogP contribution in [0.15, 0.2) is 12.2 Å². The van der Waals surface area contributed by atoms with Crippen molar-refractivity contribution in [3.63, 3.8) is 0 Å². The smallest absolute Gasteiger partial charge is 0.303 e. The highest BCUT2D eigenvalue weighted by atomic mass is 16.4. The lowest BCUT2D eigenvalue weighted by Gasteiger charge is -2.03. The van der Waals surface area contributed by atoms with E-state index >= 15 is 0 Å². The van der Waals surface area contributed by atoms with Crippen molar-refractivity contribution < 1.29 is 19.8 Å². The Morgan fingerprint density at radius 3 is 2.27 bits per heavy atom. The molecule has 0 amide bonds. The minimum Gasteiger partial charge on any atom is -0.545 e. The first-order valence-electron chi connectivity index (χ1n) is 3.15. The van der Waals surface area contributed by atoms with Gasteiger partial charge in [-0.15, -0.1) is 0 Å². The third kappa shape index (κ3) is 5.14. The second-order valence-electron chi connectivity index (χ2n) is 2.14. The minimum atomic E-state index is -1.31. The van der Waals surface area contributed by atoms with Crippen LogP contribution in [0, 0.1) is 0 Å². The number of carbonyl (C=O) groups is 2. The highest BCUT2D eigenvalue weighted by molar-refractivity contribution is 5.83. The number of carbonyl (C=O) groups excluding carboxylic acids is 1. The fourth-order valence-corrected chi connectivity index (χ4v) is 0.555. The van der Waals surface area contributed by atoms with Gasteiger partial charge in [-0.25, -0.2) is 0 Å². The lowest BCUT2D eigenvalue weighted by Crippen LogP contribution is -2.23. The number of hydrogen-bond donors (Lipinski definition) is 1. The summed E-state index contributed by atoms with van der Waals surface area (Å²) >= 11 is 0. The highest BCUT2D eigenvalue weighted by Gasteiger charge is 1.98. The number of carboxylic acid groups (broad SMARTS) is 2. The zero-order valence-electron chi connectivity index (χ0n) is 6.00. The Hall–Kier alpha value is -1.32. The van der Waals surface area contributed by atoms with Gasteiger partial charge < -0.3 is 15.0 Å². The molecule has 0 aliphatic heterocycles. The van der Waals surface area contributed by atoms with Crippen LogP contribution >= 0.6 is 0 Å². The molecular formula is C7H9O4-. The third-order valence-electron chi connectivity index (χ3n) is 1.16. The molecule has 0 fully saturated rings. The molecule has 0 bridgehead atoms. The van der Waals surface area contributed by atoms with Gasteiger partial charge in [-0.3, -0.25) is 4.79 Å². The van der Waals surface area contributed by atoms with E-state index in [4.69, 9.17) is 5.11 Å². The summed E-state index contributed by atoms with van der Waals surface area (Å²) in [6.07, 6.45) is 0.434. The normalized spacial score (nSPS) is 9.09. The van der Waals surface area contributed by atoms with Gasteiger partial charge in [0.25, 0.3) is 0 Å². The summed E-state index contributed by atoms with van der Waals surface area (Å²) in [6, 6.07) is 0. The number of hydrogen-bond acceptors (Lipinski definition) is 3. The Labute approximate surface area is 64.2 Å². The van der Waals surface area contributed by atoms with Crippen molar-refractivity contribution >= 4 is 11.9 Å². The lowest BCUT2D eigenvalue weighted by atomic mass is 10.1. The van der Waals surface area contributed by atoms with E-state index in [-0.39, 0.29) is 18.4 Å². The van der Waals surface area contributed by atoms with Crippen LogP contribution in [-0.2, 0) is 9.59 Å². The van der Waals surface area contributed by atoms with E-state index in [9.17, 15) is 14.7 Å². The molecule has 0 saturated heterocycles. The molecule has 0 rings (SSSR count). The van der Waals surface area contributed by atoms with Gasteiger partial charge in [0.15, 0.2) is 0 Å². The molecule has 0 aliphatic carbocycles. The molecule has 0 heterocycles. The maximum Gasteiger partial charge on any atom is 0.303 e. The van der Waals surface area contributed by atoms with Crippen LogP contribution in [0.2, 0.25) is 0 Å². The molecule has 0 aliphatic rings. The van der Waals surface area contributed by atoms with Crippen LogP contribution in [0.4, 0.5) is 0 Å². The van der Waals surface area contributed by atoms with Crippen LogP contribution < -0.4 is 5.11 Å². The summed E-state index contributed by atoms with van der Waals surface area (Å²) < 4.78 is 0. The van der Waals surface area contributed by atoms with E-state index in [0.717, 1.165) is 0 Å². The van der Waals surface area contributed by atoms with E-state index in [1.165, 1.54) is 0 Å². The first kappa shape index (κ1) is 9.68. The van der Waals surface area contributed by atoms with E-state index in [2.05, 4.69) is 6.58 Å². The summed E-state index contributed by atoms with van der Waals surface area (Å²) in [7, 11) is 0. The molecule has 0 aromatic heterocycles. The van der Waals surface area contributed by atoms with Crippen molar-refractivity contribution in [2.75, 3.05) is 0 Å². The Balaban J connectivity index is 3.47. The summed E-state index contributed by atoms with van der Waals surface area (Å²) in [5.41, 5.74) is -0.0498. The van der Waals surface area contributed by atoms with E-state index in [0.29, 0.717) is 6.42 Å². The monoisotopic (exact) mass is 157 g/mol. The third-order valence-corrected chi connectivity index (χ3v) is 1.16. The Kier molecular flexibility index (Phi) is 3.95.